The Hall–Kier alpha value is -3.64. The van der Waals surface area contributed by atoms with Crippen molar-refractivity contribution in [1.82, 2.24) is 4.98 Å². The van der Waals surface area contributed by atoms with Gasteiger partial charge < -0.3 is 0 Å². The number of hydrogen-bond donors (Lipinski definition) is 1. The van der Waals surface area contributed by atoms with Crippen LogP contribution in [0.4, 0.5) is 15.8 Å². The van der Waals surface area contributed by atoms with Gasteiger partial charge in [0.2, 0.25) is 0 Å². The van der Waals surface area contributed by atoms with Crippen molar-refractivity contribution >= 4 is 28.4 Å². The van der Waals surface area contributed by atoms with Crippen molar-refractivity contribution in [1.29, 1.82) is 5.26 Å². The third-order valence-electron chi connectivity index (χ3n) is 3.33. The lowest BCUT2D eigenvalue weighted by molar-refractivity contribution is -0.384. The van der Waals surface area contributed by atoms with Gasteiger partial charge in [0.25, 0.3) is 5.69 Å². The highest BCUT2D eigenvalue weighted by Crippen LogP contribution is 2.24. The molecule has 0 fully saturated rings. The molecule has 0 bridgehead atoms. The molecule has 0 aliphatic heterocycles. The molecule has 0 saturated heterocycles. The van der Waals surface area contributed by atoms with Gasteiger partial charge in [-0.3, -0.25) is 15.5 Å². The van der Waals surface area contributed by atoms with E-state index in [2.05, 4.69) is 15.5 Å². The zero-order valence-electron chi connectivity index (χ0n) is 13.1. The van der Waals surface area contributed by atoms with E-state index < -0.39 is 4.92 Å². The molecule has 0 unspecified atom stereocenters. The van der Waals surface area contributed by atoms with Crippen LogP contribution in [0.1, 0.15) is 5.01 Å². The number of halogens is 1. The summed E-state index contributed by atoms with van der Waals surface area (Å²) in [4.78, 5) is 14.6. The van der Waals surface area contributed by atoms with E-state index in [0.29, 0.717) is 22.0 Å². The first-order valence-corrected chi connectivity index (χ1v) is 8.15. The molecule has 3 aromatic rings. The molecule has 2 aromatic carbocycles. The van der Waals surface area contributed by atoms with Crippen molar-refractivity contribution in [3.63, 3.8) is 0 Å². The molecule has 0 spiro atoms. The molecule has 26 heavy (non-hydrogen) atoms. The molecule has 3 rings (SSSR count). The quantitative estimate of drug-likeness (QED) is 0.413. The SMILES string of the molecule is N#C/C(=N\Nc1ccc(F)cc1)c1nc(-c2ccc([N+](=O)[O-])cc2)cs1. The van der Waals surface area contributed by atoms with E-state index in [0.717, 1.165) is 0 Å². The van der Waals surface area contributed by atoms with Gasteiger partial charge in [0.05, 0.1) is 16.3 Å². The Morgan fingerprint density at radius 1 is 1.23 bits per heavy atom. The highest BCUT2D eigenvalue weighted by Gasteiger charge is 2.12. The van der Waals surface area contributed by atoms with Gasteiger partial charge in [-0.1, -0.05) is 0 Å². The zero-order chi connectivity index (χ0) is 18.5. The van der Waals surface area contributed by atoms with Crippen LogP contribution in [-0.2, 0) is 0 Å². The highest BCUT2D eigenvalue weighted by atomic mass is 32.1. The summed E-state index contributed by atoms with van der Waals surface area (Å²) in [5, 5.41) is 26.1. The van der Waals surface area contributed by atoms with Crippen LogP contribution >= 0.6 is 11.3 Å². The molecule has 7 nitrogen and oxygen atoms in total. The first kappa shape index (κ1) is 17.2. The standard InChI is InChI=1S/C17H10FN5O2S/c18-12-3-5-13(6-4-12)21-22-15(9-19)17-20-16(10-26-17)11-1-7-14(8-2-11)23(24)25/h1-8,10,21H/b22-15+. The van der Waals surface area contributed by atoms with Crippen LogP contribution in [0, 0.1) is 27.3 Å². The lowest BCUT2D eigenvalue weighted by Crippen LogP contribution is -2.01. The van der Waals surface area contributed by atoms with E-state index in [4.69, 9.17) is 0 Å². The van der Waals surface area contributed by atoms with Gasteiger partial charge in [-0.15, -0.1) is 11.3 Å². The summed E-state index contributed by atoms with van der Waals surface area (Å²) in [5.74, 6) is -0.368. The van der Waals surface area contributed by atoms with Gasteiger partial charge in [-0.05, 0) is 36.4 Å². The van der Waals surface area contributed by atoms with Crippen molar-refractivity contribution in [2.45, 2.75) is 0 Å². The third kappa shape index (κ3) is 3.88. The van der Waals surface area contributed by atoms with Crippen LogP contribution in [0.2, 0.25) is 0 Å². The molecule has 0 aliphatic rings. The Labute approximate surface area is 151 Å². The number of anilines is 1. The van der Waals surface area contributed by atoms with Gasteiger partial charge in [0.15, 0.2) is 10.7 Å². The average Bonchev–Trinajstić information content (AvgIpc) is 3.14. The predicted octanol–water partition coefficient (Wildman–Crippen LogP) is 4.20. The van der Waals surface area contributed by atoms with Crippen molar-refractivity contribution < 1.29 is 9.31 Å². The molecule has 1 aromatic heterocycles. The molecular formula is C17H10FN5O2S. The molecule has 0 saturated carbocycles. The lowest BCUT2D eigenvalue weighted by Gasteiger charge is -2.00. The summed E-state index contributed by atoms with van der Waals surface area (Å²) in [7, 11) is 0. The molecular weight excluding hydrogens is 357 g/mol. The van der Waals surface area contributed by atoms with Crippen LogP contribution in [0.15, 0.2) is 59.0 Å². The van der Waals surface area contributed by atoms with Crippen LogP contribution in [-0.4, -0.2) is 15.6 Å². The minimum atomic E-state index is -0.474. The number of nitriles is 1. The summed E-state index contributed by atoms with van der Waals surface area (Å²) >= 11 is 1.23. The number of hydrogen-bond acceptors (Lipinski definition) is 7. The largest absolute Gasteiger partial charge is 0.277 e. The second-order valence-corrected chi connectivity index (χ2v) is 5.89. The fraction of sp³-hybridized carbons (Fsp3) is 0. The van der Waals surface area contributed by atoms with E-state index in [-0.39, 0.29) is 17.2 Å². The Morgan fingerprint density at radius 2 is 1.92 bits per heavy atom. The van der Waals surface area contributed by atoms with E-state index in [1.807, 2.05) is 6.07 Å². The number of thiazole rings is 1. The zero-order valence-corrected chi connectivity index (χ0v) is 13.9. The fourth-order valence-electron chi connectivity index (χ4n) is 2.03. The van der Waals surface area contributed by atoms with E-state index in [1.165, 1.54) is 47.7 Å². The normalized spacial score (nSPS) is 11.0. The topological polar surface area (TPSA) is 104 Å². The maximum absolute atomic E-state index is 12.9. The Morgan fingerprint density at radius 3 is 2.54 bits per heavy atom. The van der Waals surface area contributed by atoms with Crippen LogP contribution < -0.4 is 5.43 Å². The summed E-state index contributed by atoms with van der Waals surface area (Å²) in [5.41, 5.74) is 4.57. The minimum Gasteiger partial charge on any atom is -0.277 e. The van der Waals surface area contributed by atoms with E-state index >= 15 is 0 Å². The van der Waals surface area contributed by atoms with Crippen LogP contribution in [0.3, 0.4) is 0 Å². The van der Waals surface area contributed by atoms with E-state index in [9.17, 15) is 19.8 Å². The smallest absolute Gasteiger partial charge is 0.269 e. The average molecular weight is 367 g/mol. The maximum atomic E-state index is 12.9. The highest BCUT2D eigenvalue weighted by molar-refractivity contribution is 7.12. The summed E-state index contributed by atoms with van der Waals surface area (Å²) < 4.78 is 12.9. The van der Waals surface area contributed by atoms with Crippen molar-refractivity contribution in [2.24, 2.45) is 5.10 Å². The van der Waals surface area contributed by atoms with Gasteiger partial charge in [0.1, 0.15) is 11.9 Å². The number of nitrogens with one attached hydrogen (secondary N) is 1. The van der Waals surface area contributed by atoms with Gasteiger partial charge >= 0.3 is 0 Å². The second kappa shape index (κ2) is 7.50. The molecule has 128 valence electrons. The molecule has 0 atom stereocenters. The van der Waals surface area contributed by atoms with Crippen molar-refractivity contribution in [3.8, 4) is 17.3 Å². The van der Waals surface area contributed by atoms with Crippen LogP contribution in [0.25, 0.3) is 11.3 Å². The molecule has 9 heteroatoms. The number of non-ortho nitro benzene ring substituents is 1. The number of nitro benzene ring substituents is 1. The first-order valence-electron chi connectivity index (χ1n) is 7.27. The Balaban J connectivity index is 1.80. The number of nitrogens with zero attached hydrogens (tertiary/aromatic N) is 4. The second-order valence-electron chi connectivity index (χ2n) is 5.03. The lowest BCUT2D eigenvalue weighted by atomic mass is 10.1. The van der Waals surface area contributed by atoms with Crippen molar-refractivity contribution in [3.05, 3.63) is 74.9 Å². The van der Waals surface area contributed by atoms with Gasteiger partial charge in [-0.25, -0.2) is 9.37 Å². The van der Waals surface area contributed by atoms with Gasteiger partial charge in [-0.2, -0.15) is 10.4 Å². The summed E-state index contributed by atoms with van der Waals surface area (Å²) in [6, 6.07) is 13.5. The predicted molar refractivity (Wildman–Crippen MR) is 96.4 cm³/mol. The third-order valence-corrected chi connectivity index (χ3v) is 4.18. The monoisotopic (exact) mass is 367 g/mol. The van der Waals surface area contributed by atoms with Crippen molar-refractivity contribution in [2.75, 3.05) is 5.43 Å². The fourth-order valence-corrected chi connectivity index (χ4v) is 2.80. The summed E-state index contributed by atoms with van der Waals surface area (Å²) in [6.45, 7) is 0. The number of rotatable bonds is 5. The number of hydrazone groups is 1. The maximum Gasteiger partial charge on any atom is 0.269 e. The minimum absolute atomic E-state index is 0.00743. The molecule has 1 heterocycles. The molecule has 0 aliphatic carbocycles. The number of benzene rings is 2. The molecule has 0 amide bonds. The van der Waals surface area contributed by atoms with E-state index in [1.54, 1.807) is 17.5 Å². The Kier molecular flexibility index (Phi) is 4.96. The first-order chi connectivity index (χ1) is 12.6. The number of nitro groups is 1. The number of aromatic nitrogens is 1. The summed E-state index contributed by atoms with van der Waals surface area (Å²) in [6.07, 6.45) is 0. The molecule has 0 radical (unpaired) electrons. The van der Waals surface area contributed by atoms with Crippen LogP contribution in [0.5, 0.6) is 0 Å². The van der Waals surface area contributed by atoms with Gasteiger partial charge in [0, 0.05) is 23.1 Å². The molecule has 1 N–H and O–H groups in total. The Bertz CT molecular complexity index is 1010.